The van der Waals surface area contributed by atoms with Gasteiger partial charge in [0.15, 0.2) is 0 Å². The minimum Gasteiger partial charge on any atom is -0.340 e. The number of nitrogens with zero attached hydrogens (tertiary/aromatic N) is 2. The molecule has 2 aliphatic rings. The van der Waals surface area contributed by atoms with Crippen LogP contribution in [0.15, 0.2) is 59.2 Å². The number of aromatic nitrogens is 2. The number of nitrogens with one attached hydrogen (secondary N) is 2. The van der Waals surface area contributed by atoms with Gasteiger partial charge in [0.05, 0.1) is 16.9 Å². The Kier molecular flexibility index (Phi) is 5.55. The van der Waals surface area contributed by atoms with Crippen LogP contribution in [0.25, 0.3) is 11.3 Å². The average Bonchev–Trinajstić information content (AvgIpc) is 3.44. The number of imidazole rings is 1. The van der Waals surface area contributed by atoms with Gasteiger partial charge >= 0.3 is 6.03 Å². The van der Waals surface area contributed by atoms with Gasteiger partial charge in [0.25, 0.3) is 5.91 Å². The molecule has 3 atom stereocenters. The van der Waals surface area contributed by atoms with E-state index in [2.05, 4.69) is 31.2 Å². The molecule has 32 heavy (non-hydrogen) atoms. The second kappa shape index (κ2) is 8.37. The van der Waals surface area contributed by atoms with Gasteiger partial charge in [-0.1, -0.05) is 70.9 Å². The maximum absolute atomic E-state index is 13.3. The van der Waals surface area contributed by atoms with Crippen LogP contribution in [0.1, 0.15) is 43.1 Å². The molecule has 1 aliphatic carbocycles. The summed E-state index contributed by atoms with van der Waals surface area (Å²) < 4.78 is 0.881. The fourth-order valence-electron chi connectivity index (χ4n) is 4.38. The lowest BCUT2D eigenvalue weighted by molar-refractivity contribution is -0.130. The van der Waals surface area contributed by atoms with E-state index in [4.69, 9.17) is 11.6 Å². The minimum absolute atomic E-state index is 0.164. The number of urea groups is 1. The third-order valence-corrected chi connectivity index (χ3v) is 7.07. The van der Waals surface area contributed by atoms with Gasteiger partial charge in [0.2, 0.25) is 0 Å². The number of benzene rings is 2. The van der Waals surface area contributed by atoms with Crippen molar-refractivity contribution in [1.29, 1.82) is 0 Å². The normalized spacial score (nSPS) is 20.3. The Morgan fingerprint density at radius 2 is 1.91 bits per heavy atom. The van der Waals surface area contributed by atoms with E-state index >= 15 is 0 Å². The molecule has 1 unspecified atom stereocenters. The number of hydrogen-bond donors (Lipinski definition) is 2. The Bertz CT molecular complexity index is 1180. The first-order valence-electron chi connectivity index (χ1n) is 10.6. The third kappa shape index (κ3) is 3.84. The summed E-state index contributed by atoms with van der Waals surface area (Å²) in [4.78, 5) is 35.6. The highest BCUT2D eigenvalue weighted by atomic mass is 79.9. The zero-order valence-electron chi connectivity index (χ0n) is 17.4. The van der Waals surface area contributed by atoms with Crippen LogP contribution in [0.3, 0.4) is 0 Å². The molecular formula is C24H22BrClN4O2. The largest absolute Gasteiger partial charge is 0.340 e. The molecule has 2 heterocycles. The lowest BCUT2D eigenvalue weighted by Crippen LogP contribution is -2.38. The Morgan fingerprint density at radius 3 is 2.59 bits per heavy atom. The maximum Gasteiger partial charge on any atom is 0.325 e. The van der Waals surface area contributed by atoms with Gasteiger partial charge in [-0.2, -0.15) is 0 Å². The first kappa shape index (κ1) is 21.2. The Balaban J connectivity index is 1.55. The van der Waals surface area contributed by atoms with E-state index in [1.165, 1.54) is 4.90 Å². The van der Waals surface area contributed by atoms with Crippen molar-refractivity contribution in [2.75, 3.05) is 0 Å². The highest BCUT2D eigenvalue weighted by Crippen LogP contribution is 2.41. The zero-order valence-corrected chi connectivity index (χ0v) is 19.7. The zero-order chi connectivity index (χ0) is 22.4. The molecule has 0 radical (unpaired) electrons. The van der Waals surface area contributed by atoms with Gasteiger partial charge in [0, 0.05) is 16.0 Å². The molecule has 164 valence electrons. The lowest BCUT2D eigenvalue weighted by atomic mass is 9.91. The summed E-state index contributed by atoms with van der Waals surface area (Å²) in [5, 5.41) is 3.47. The van der Waals surface area contributed by atoms with Crippen molar-refractivity contribution in [1.82, 2.24) is 20.2 Å². The van der Waals surface area contributed by atoms with Crippen molar-refractivity contribution < 1.29 is 9.59 Å². The third-order valence-electron chi connectivity index (χ3n) is 6.27. The van der Waals surface area contributed by atoms with Crippen molar-refractivity contribution in [3.63, 3.8) is 0 Å². The standard InChI is InChI=1S/C24H22BrClN4O2/c1-13(14-5-3-2-4-6-14)21(30-23(31)20(15-7-8-15)29-24(30)32)22-27-12-19(28-22)17-10-9-16(25)11-18(17)26/h2-6,9-13,15,20-21H,7-8H2,1H3,(H,27,28)(H,29,32)/t13-,20?,21-/m0/s1. The molecule has 5 rings (SSSR count). The van der Waals surface area contributed by atoms with Crippen LogP contribution in [0.4, 0.5) is 4.79 Å². The summed E-state index contributed by atoms with van der Waals surface area (Å²) in [5.74, 6) is 0.446. The molecule has 6 nitrogen and oxygen atoms in total. The number of aromatic amines is 1. The maximum atomic E-state index is 13.3. The summed E-state index contributed by atoms with van der Waals surface area (Å²) in [6.07, 6.45) is 3.64. The molecule has 3 aromatic rings. The van der Waals surface area contributed by atoms with Crippen LogP contribution in [-0.2, 0) is 4.79 Å². The van der Waals surface area contributed by atoms with Gasteiger partial charge in [-0.15, -0.1) is 0 Å². The van der Waals surface area contributed by atoms with Gasteiger partial charge in [-0.25, -0.2) is 9.78 Å². The number of rotatable bonds is 6. The van der Waals surface area contributed by atoms with Gasteiger partial charge < -0.3 is 10.3 Å². The SMILES string of the molecule is C[C@@H](c1ccccc1)[C@@H](c1ncc(-c2ccc(Br)cc2Cl)[nH]1)N1C(=O)NC(C2CC2)C1=O. The van der Waals surface area contributed by atoms with E-state index in [1.807, 2.05) is 55.5 Å². The van der Waals surface area contributed by atoms with Crippen molar-refractivity contribution in [2.24, 2.45) is 5.92 Å². The molecule has 1 saturated heterocycles. The Morgan fingerprint density at radius 1 is 1.16 bits per heavy atom. The number of H-pyrrole nitrogens is 1. The average molecular weight is 514 g/mol. The van der Waals surface area contributed by atoms with Crippen LogP contribution in [0.5, 0.6) is 0 Å². The fourth-order valence-corrected chi connectivity index (χ4v) is 5.16. The van der Waals surface area contributed by atoms with Crippen molar-refractivity contribution in [3.05, 3.63) is 75.6 Å². The van der Waals surface area contributed by atoms with Crippen molar-refractivity contribution in [3.8, 4) is 11.3 Å². The second-order valence-corrected chi connectivity index (χ2v) is 9.75. The summed E-state index contributed by atoms with van der Waals surface area (Å²) in [5.41, 5.74) is 2.55. The quantitative estimate of drug-likeness (QED) is 0.417. The van der Waals surface area contributed by atoms with Crippen LogP contribution >= 0.6 is 27.5 Å². The smallest absolute Gasteiger partial charge is 0.325 e. The number of halogens is 2. The van der Waals surface area contributed by atoms with E-state index in [9.17, 15) is 9.59 Å². The molecule has 0 spiro atoms. The number of hydrogen-bond acceptors (Lipinski definition) is 3. The van der Waals surface area contributed by atoms with Crippen molar-refractivity contribution in [2.45, 2.75) is 37.8 Å². The highest BCUT2D eigenvalue weighted by molar-refractivity contribution is 9.10. The van der Waals surface area contributed by atoms with E-state index in [0.717, 1.165) is 34.1 Å². The van der Waals surface area contributed by atoms with Gasteiger partial charge in [0.1, 0.15) is 17.9 Å². The molecule has 2 fully saturated rings. The molecule has 1 saturated carbocycles. The van der Waals surface area contributed by atoms with Gasteiger partial charge in [-0.05, 0) is 36.5 Å². The fraction of sp³-hybridized carbons (Fsp3) is 0.292. The molecule has 2 aromatic carbocycles. The summed E-state index contributed by atoms with van der Waals surface area (Å²) in [6, 6.07) is 14.1. The summed E-state index contributed by atoms with van der Waals surface area (Å²) in [6.45, 7) is 2.01. The van der Waals surface area contributed by atoms with Crippen LogP contribution in [-0.4, -0.2) is 32.8 Å². The topological polar surface area (TPSA) is 78.1 Å². The number of carbonyl (C=O) groups is 2. The lowest BCUT2D eigenvalue weighted by Gasteiger charge is -2.29. The summed E-state index contributed by atoms with van der Waals surface area (Å²) in [7, 11) is 0. The monoisotopic (exact) mass is 512 g/mol. The van der Waals surface area contributed by atoms with E-state index in [-0.39, 0.29) is 23.8 Å². The van der Waals surface area contributed by atoms with Crippen LogP contribution < -0.4 is 5.32 Å². The Hall–Kier alpha value is -2.64. The Labute approximate surface area is 199 Å². The van der Waals surface area contributed by atoms with E-state index in [0.29, 0.717) is 10.8 Å². The van der Waals surface area contributed by atoms with Crippen molar-refractivity contribution >= 4 is 39.5 Å². The first-order valence-corrected chi connectivity index (χ1v) is 11.8. The van der Waals surface area contributed by atoms with E-state index < -0.39 is 12.1 Å². The molecule has 0 bridgehead atoms. The highest BCUT2D eigenvalue weighted by Gasteiger charge is 2.50. The molecule has 1 aliphatic heterocycles. The number of carbonyl (C=O) groups excluding carboxylic acids is 2. The predicted molar refractivity (Wildman–Crippen MR) is 126 cm³/mol. The molecule has 8 heteroatoms. The van der Waals surface area contributed by atoms with Gasteiger partial charge in [-0.3, -0.25) is 9.69 Å². The van der Waals surface area contributed by atoms with Crippen LogP contribution in [0.2, 0.25) is 5.02 Å². The minimum atomic E-state index is -0.573. The predicted octanol–water partition coefficient (Wildman–Crippen LogP) is 5.67. The molecule has 2 N–H and O–H groups in total. The number of amides is 3. The second-order valence-electron chi connectivity index (χ2n) is 8.42. The molecule has 3 amide bonds. The number of imide groups is 1. The van der Waals surface area contributed by atoms with Crippen LogP contribution in [0, 0.1) is 5.92 Å². The van der Waals surface area contributed by atoms with E-state index in [1.54, 1.807) is 6.20 Å². The first-order chi connectivity index (χ1) is 15.4. The summed E-state index contributed by atoms with van der Waals surface area (Å²) >= 11 is 9.86. The molecular weight excluding hydrogens is 492 g/mol. The molecule has 1 aromatic heterocycles.